The SMILES string of the molecule is CNC(Cc1cccnc1)Cc1cccnc1N. The fraction of sp³-hybridized carbons (Fsp3) is 0.286. The van der Waals surface area contributed by atoms with Crippen LogP contribution in [0.4, 0.5) is 5.82 Å². The summed E-state index contributed by atoms with van der Waals surface area (Å²) in [6, 6.07) is 8.32. The molecule has 0 aliphatic rings. The first-order valence-corrected chi connectivity index (χ1v) is 6.05. The molecule has 0 radical (unpaired) electrons. The number of nitrogen functional groups attached to an aromatic ring is 1. The van der Waals surface area contributed by atoms with Crippen LogP contribution in [0.15, 0.2) is 42.9 Å². The number of hydrogen-bond acceptors (Lipinski definition) is 4. The molecule has 1 atom stereocenters. The minimum atomic E-state index is 0.334. The summed E-state index contributed by atoms with van der Waals surface area (Å²) >= 11 is 0. The minimum absolute atomic E-state index is 0.334. The normalized spacial score (nSPS) is 12.3. The van der Waals surface area contributed by atoms with Gasteiger partial charge in [0.15, 0.2) is 0 Å². The molecule has 0 bridgehead atoms. The quantitative estimate of drug-likeness (QED) is 0.832. The molecular weight excluding hydrogens is 224 g/mol. The number of pyridine rings is 2. The van der Waals surface area contributed by atoms with E-state index in [4.69, 9.17) is 5.73 Å². The molecule has 0 amide bonds. The van der Waals surface area contributed by atoms with Crippen LogP contribution in [0, 0.1) is 0 Å². The molecule has 0 saturated carbocycles. The Balaban J connectivity index is 2.04. The molecule has 0 aliphatic carbocycles. The molecule has 2 heterocycles. The van der Waals surface area contributed by atoms with Crippen LogP contribution in [-0.4, -0.2) is 23.1 Å². The Morgan fingerprint density at radius 1 is 1.22 bits per heavy atom. The summed E-state index contributed by atoms with van der Waals surface area (Å²) in [6.45, 7) is 0. The maximum Gasteiger partial charge on any atom is 0.126 e. The van der Waals surface area contributed by atoms with Gasteiger partial charge in [0.1, 0.15) is 5.82 Å². The van der Waals surface area contributed by atoms with E-state index in [-0.39, 0.29) is 0 Å². The molecular formula is C14H18N4. The van der Waals surface area contributed by atoms with Gasteiger partial charge in [-0.05, 0) is 43.1 Å². The van der Waals surface area contributed by atoms with Gasteiger partial charge in [-0.3, -0.25) is 4.98 Å². The zero-order chi connectivity index (χ0) is 12.8. The monoisotopic (exact) mass is 242 g/mol. The van der Waals surface area contributed by atoms with Gasteiger partial charge in [-0.2, -0.15) is 0 Å². The molecule has 0 spiro atoms. The van der Waals surface area contributed by atoms with Gasteiger partial charge < -0.3 is 11.1 Å². The smallest absolute Gasteiger partial charge is 0.126 e. The number of nitrogens with zero attached hydrogens (tertiary/aromatic N) is 2. The van der Waals surface area contributed by atoms with Gasteiger partial charge in [-0.15, -0.1) is 0 Å². The molecule has 2 rings (SSSR count). The zero-order valence-corrected chi connectivity index (χ0v) is 10.5. The first-order chi connectivity index (χ1) is 8.79. The molecule has 18 heavy (non-hydrogen) atoms. The summed E-state index contributed by atoms with van der Waals surface area (Å²) in [6.07, 6.45) is 7.20. The van der Waals surface area contributed by atoms with Gasteiger partial charge in [0.05, 0.1) is 0 Å². The largest absolute Gasteiger partial charge is 0.383 e. The maximum atomic E-state index is 5.87. The Kier molecular flexibility index (Phi) is 4.25. The van der Waals surface area contributed by atoms with Crippen molar-refractivity contribution in [3.63, 3.8) is 0 Å². The number of nitrogens with one attached hydrogen (secondary N) is 1. The van der Waals surface area contributed by atoms with E-state index in [0.717, 1.165) is 18.4 Å². The summed E-state index contributed by atoms with van der Waals surface area (Å²) in [5.74, 6) is 0.615. The molecule has 1 unspecified atom stereocenters. The van der Waals surface area contributed by atoms with Gasteiger partial charge >= 0.3 is 0 Å². The Labute approximate surface area is 107 Å². The van der Waals surface area contributed by atoms with Gasteiger partial charge in [-0.25, -0.2) is 4.98 Å². The number of nitrogens with two attached hydrogens (primary N) is 1. The third-order valence-electron chi connectivity index (χ3n) is 3.01. The third kappa shape index (κ3) is 3.28. The van der Waals surface area contributed by atoms with E-state index in [2.05, 4.69) is 21.4 Å². The third-order valence-corrected chi connectivity index (χ3v) is 3.01. The van der Waals surface area contributed by atoms with E-state index in [9.17, 15) is 0 Å². The zero-order valence-electron chi connectivity index (χ0n) is 10.5. The Morgan fingerprint density at radius 2 is 2.06 bits per heavy atom. The highest BCUT2D eigenvalue weighted by molar-refractivity contribution is 5.39. The molecule has 4 heteroatoms. The van der Waals surface area contributed by atoms with E-state index in [1.54, 1.807) is 12.4 Å². The number of rotatable bonds is 5. The topological polar surface area (TPSA) is 63.8 Å². The van der Waals surface area contributed by atoms with E-state index < -0.39 is 0 Å². The second-order valence-electron chi connectivity index (χ2n) is 4.30. The Bertz CT molecular complexity index is 484. The van der Waals surface area contributed by atoms with Crippen LogP contribution >= 0.6 is 0 Å². The predicted molar refractivity (Wildman–Crippen MR) is 73.1 cm³/mol. The highest BCUT2D eigenvalue weighted by Crippen LogP contribution is 2.12. The van der Waals surface area contributed by atoms with Crippen molar-refractivity contribution in [3.05, 3.63) is 54.0 Å². The molecule has 3 N–H and O–H groups in total. The number of aromatic nitrogens is 2. The summed E-state index contributed by atoms with van der Waals surface area (Å²) in [5, 5.41) is 3.32. The molecule has 0 saturated heterocycles. The molecule has 0 aliphatic heterocycles. The van der Waals surface area contributed by atoms with E-state index in [1.165, 1.54) is 5.56 Å². The summed E-state index contributed by atoms with van der Waals surface area (Å²) < 4.78 is 0. The van der Waals surface area contributed by atoms with Crippen molar-refractivity contribution in [1.82, 2.24) is 15.3 Å². The Hall–Kier alpha value is -1.94. The van der Waals surface area contributed by atoms with Crippen LogP contribution in [0.2, 0.25) is 0 Å². The van der Waals surface area contributed by atoms with Gasteiger partial charge in [-0.1, -0.05) is 12.1 Å². The van der Waals surface area contributed by atoms with Crippen LogP contribution in [0.25, 0.3) is 0 Å². The summed E-state index contributed by atoms with van der Waals surface area (Å²) in [7, 11) is 1.97. The number of hydrogen-bond donors (Lipinski definition) is 2. The second kappa shape index (κ2) is 6.12. The van der Waals surface area contributed by atoms with Gasteiger partial charge in [0, 0.05) is 24.6 Å². The predicted octanol–water partition coefficient (Wildman–Crippen LogP) is 1.43. The van der Waals surface area contributed by atoms with Crippen molar-refractivity contribution in [1.29, 1.82) is 0 Å². The average molecular weight is 242 g/mol. The lowest BCUT2D eigenvalue weighted by Gasteiger charge is -2.16. The van der Waals surface area contributed by atoms with Crippen molar-refractivity contribution in [2.45, 2.75) is 18.9 Å². The Morgan fingerprint density at radius 3 is 2.72 bits per heavy atom. The fourth-order valence-electron chi connectivity index (χ4n) is 1.97. The van der Waals surface area contributed by atoms with Crippen LogP contribution in [0.5, 0.6) is 0 Å². The molecule has 94 valence electrons. The maximum absolute atomic E-state index is 5.87. The number of likely N-dealkylation sites (N-methyl/N-ethyl adjacent to an activating group) is 1. The lowest BCUT2D eigenvalue weighted by atomic mass is 10.0. The standard InChI is InChI=1S/C14H18N4/c1-16-13(8-11-4-2-6-17-10-11)9-12-5-3-7-18-14(12)15/h2-7,10,13,16H,8-9H2,1H3,(H2,15,18). The van der Waals surface area contributed by atoms with Crippen molar-refractivity contribution in [2.24, 2.45) is 0 Å². The van der Waals surface area contributed by atoms with Gasteiger partial charge in [0.2, 0.25) is 0 Å². The fourth-order valence-corrected chi connectivity index (χ4v) is 1.97. The molecule has 2 aromatic heterocycles. The average Bonchev–Trinajstić information content (AvgIpc) is 2.41. The van der Waals surface area contributed by atoms with Crippen LogP contribution < -0.4 is 11.1 Å². The summed E-state index contributed by atoms with van der Waals surface area (Å²) in [4.78, 5) is 8.24. The number of anilines is 1. The van der Waals surface area contributed by atoms with E-state index >= 15 is 0 Å². The highest BCUT2D eigenvalue weighted by atomic mass is 14.9. The first kappa shape index (κ1) is 12.5. The van der Waals surface area contributed by atoms with Crippen molar-refractivity contribution in [3.8, 4) is 0 Å². The molecule has 0 fully saturated rings. The van der Waals surface area contributed by atoms with Crippen LogP contribution in [0.1, 0.15) is 11.1 Å². The second-order valence-corrected chi connectivity index (χ2v) is 4.30. The van der Waals surface area contributed by atoms with Crippen LogP contribution in [0.3, 0.4) is 0 Å². The molecule has 2 aromatic rings. The van der Waals surface area contributed by atoms with Gasteiger partial charge in [0.25, 0.3) is 0 Å². The first-order valence-electron chi connectivity index (χ1n) is 6.05. The van der Waals surface area contributed by atoms with Crippen molar-refractivity contribution < 1.29 is 0 Å². The van der Waals surface area contributed by atoms with Crippen molar-refractivity contribution >= 4 is 5.82 Å². The lowest BCUT2D eigenvalue weighted by Crippen LogP contribution is -2.30. The summed E-state index contributed by atoms with van der Waals surface area (Å²) in [5.41, 5.74) is 8.17. The van der Waals surface area contributed by atoms with E-state index in [0.29, 0.717) is 11.9 Å². The van der Waals surface area contributed by atoms with Crippen molar-refractivity contribution in [2.75, 3.05) is 12.8 Å². The van der Waals surface area contributed by atoms with Crippen LogP contribution in [-0.2, 0) is 12.8 Å². The molecule has 0 aromatic carbocycles. The minimum Gasteiger partial charge on any atom is -0.383 e. The lowest BCUT2D eigenvalue weighted by molar-refractivity contribution is 0.556. The highest BCUT2D eigenvalue weighted by Gasteiger charge is 2.10. The molecule has 4 nitrogen and oxygen atoms in total. The van der Waals surface area contributed by atoms with E-state index in [1.807, 2.05) is 31.4 Å².